The van der Waals surface area contributed by atoms with Gasteiger partial charge in [-0.3, -0.25) is 0 Å². The van der Waals surface area contributed by atoms with Gasteiger partial charge in [-0.15, -0.1) is 0 Å². The van der Waals surface area contributed by atoms with E-state index in [0.29, 0.717) is 5.82 Å². The molecule has 2 nitrogen and oxygen atoms in total. The highest BCUT2D eigenvalue weighted by Gasteiger charge is 2.35. The van der Waals surface area contributed by atoms with Crippen LogP contribution in [-0.4, -0.2) is 9.97 Å². The molecule has 9 aromatic rings. The van der Waals surface area contributed by atoms with Crippen LogP contribution in [0, 0.1) is 0 Å². The molecule has 250 valence electrons. The van der Waals surface area contributed by atoms with E-state index < -0.39 is 0 Å². The Balaban J connectivity index is 1.10. The summed E-state index contributed by atoms with van der Waals surface area (Å²) in [4.78, 5) is 10.5. The maximum Gasteiger partial charge on any atom is 0.160 e. The van der Waals surface area contributed by atoms with Crippen molar-refractivity contribution in [3.8, 4) is 67.3 Å². The molecule has 0 N–H and O–H groups in total. The fraction of sp³-hybridized carbons (Fsp3) is 0.0588. The highest BCUT2D eigenvalue weighted by atomic mass is 14.9. The Kier molecular flexibility index (Phi) is 7.19. The highest BCUT2D eigenvalue weighted by Crippen LogP contribution is 2.49. The molecule has 1 aromatic heterocycles. The second-order valence-corrected chi connectivity index (χ2v) is 14.6. The number of aromatic nitrogens is 2. The predicted molar refractivity (Wildman–Crippen MR) is 222 cm³/mol. The Morgan fingerprint density at radius 3 is 1.74 bits per heavy atom. The molecule has 0 bridgehead atoms. The highest BCUT2D eigenvalue weighted by molar-refractivity contribution is 6.04. The van der Waals surface area contributed by atoms with Crippen LogP contribution in [0.1, 0.15) is 25.0 Å². The molecule has 0 atom stereocenters. The van der Waals surface area contributed by atoms with Gasteiger partial charge in [-0.25, -0.2) is 9.97 Å². The molecule has 0 fully saturated rings. The van der Waals surface area contributed by atoms with Crippen molar-refractivity contribution in [3.63, 3.8) is 0 Å². The fourth-order valence-electron chi connectivity index (χ4n) is 8.31. The van der Waals surface area contributed by atoms with Gasteiger partial charge in [0, 0.05) is 22.1 Å². The van der Waals surface area contributed by atoms with Crippen LogP contribution in [-0.2, 0) is 5.41 Å². The Morgan fingerprint density at radius 1 is 0.358 bits per heavy atom. The van der Waals surface area contributed by atoms with E-state index in [4.69, 9.17) is 9.97 Å². The summed E-state index contributed by atoms with van der Waals surface area (Å²) in [5.74, 6) is 0.710. The van der Waals surface area contributed by atoms with Crippen LogP contribution in [0.15, 0.2) is 182 Å². The molecule has 2 heteroatoms. The zero-order chi connectivity index (χ0) is 35.5. The zero-order valence-corrected chi connectivity index (χ0v) is 29.7. The van der Waals surface area contributed by atoms with Gasteiger partial charge in [0.05, 0.1) is 11.4 Å². The van der Waals surface area contributed by atoms with Gasteiger partial charge in [-0.05, 0) is 90.3 Å². The smallest absolute Gasteiger partial charge is 0.160 e. The van der Waals surface area contributed by atoms with Crippen molar-refractivity contribution < 1.29 is 0 Å². The summed E-state index contributed by atoms with van der Waals surface area (Å²) in [7, 11) is 0. The van der Waals surface area contributed by atoms with E-state index in [1.54, 1.807) is 0 Å². The van der Waals surface area contributed by atoms with E-state index in [9.17, 15) is 0 Å². The monoisotopic (exact) mass is 676 g/mol. The lowest BCUT2D eigenvalue weighted by atomic mass is 9.81. The van der Waals surface area contributed by atoms with Gasteiger partial charge in [-0.2, -0.15) is 0 Å². The first-order chi connectivity index (χ1) is 26.0. The van der Waals surface area contributed by atoms with Crippen molar-refractivity contribution in [2.45, 2.75) is 19.3 Å². The first kappa shape index (κ1) is 31.1. The SMILES string of the molecule is CC1(C)c2ccccc2-c2ccc(-c3ccc4cc(-c5cc(-c6c(-c7ccccc7)ccc7ccccc67)nc(-c6ccccc6)n5)ccc4c3)cc21. The average molecular weight is 677 g/mol. The van der Waals surface area contributed by atoms with Gasteiger partial charge >= 0.3 is 0 Å². The van der Waals surface area contributed by atoms with Crippen molar-refractivity contribution in [2.75, 3.05) is 0 Å². The average Bonchev–Trinajstić information content (AvgIpc) is 3.45. The summed E-state index contributed by atoms with van der Waals surface area (Å²) < 4.78 is 0. The molecule has 0 saturated heterocycles. The Morgan fingerprint density at radius 2 is 0.925 bits per heavy atom. The van der Waals surface area contributed by atoms with Crippen LogP contribution >= 0.6 is 0 Å². The Hall–Kier alpha value is -6.64. The lowest BCUT2D eigenvalue weighted by Gasteiger charge is -2.22. The zero-order valence-electron chi connectivity index (χ0n) is 29.7. The van der Waals surface area contributed by atoms with Crippen LogP contribution in [0.25, 0.3) is 88.8 Å². The van der Waals surface area contributed by atoms with Crippen molar-refractivity contribution >= 4 is 21.5 Å². The van der Waals surface area contributed by atoms with E-state index in [1.807, 2.05) is 18.2 Å². The molecule has 0 unspecified atom stereocenters. The van der Waals surface area contributed by atoms with Gasteiger partial charge in [0.25, 0.3) is 0 Å². The lowest BCUT2D eigenvalue weighted by molar-refractivity contribution is 0.660. The Bertz CT molecular complexity index is 2850. The molecule has 1 aliphatic rings. The summed E-state index contributed by atoms with van der Waals surface area (Å²) in [6, 6.07) is 65.4. The fourth-order valence-corrected chi connectivity index (χ4v) is 8.31. The molecule has 53 heavy (non-hydrogen) atoms. The minimum atomic E-state index is -0.0312. The van der Waals surface area contributed by atoms with Gasteiger partial charge in [0.15, 0.2) is 5.82 Å². The summed E-state index contributed by atoms with van der Waals surface area (Å²) in [6.45, 7) is 4.68. The minimum Gasteiger partial charge on any atom is -0.228 e. The second kappa shape index (κ2) is 12.3. The van der Waals surface area contributed by atoms with Crippen LogP contribution in [0.2, 0.25) is 0 Å². The molecule has 8 aromatic carbocycles. The molecular weight excluding hydrogens is 641 g/mol. The third kappa shape index (κ3) is 5.26. The topological polar surface area (TPSA) is 25.8 Å². The molecular formula is C51H36N2. The maximum absolute atomic E-state index is 5.28. The van der Waals surface area contributed by atoms with Crippen LogP contribution in [0.5, 0.6) is 0 Å². The quantitative estimate of drug-likeness (QED) is 0.181. The van der Waals surface area contributed by atoms with E-state index in [1.165, 1.54) is 54.9 Å². The second-order valence-electron chi connectivity index (χ2n) is 14.6. The van der Waals surface area contributed by atoms with E-state index in [0.717, 1.165) is 39.2 Å². The van der Waals surface area contributed by atoms with E-state index in [-0.39, 0.29) is 5.41 Å². The van der Waals surface area contributed by atoms with E-state index >= 15 is 0 Å². The molecule has 1 aliphatic carbocycles. The molecule has 0 radical (unpaired) electrons. The normalized spacial score (nSPS) is 12.9. The molecule has 0 amide bonds. The minimum absolute atomic E-state index is 0.0312. The molecule has 0 spiro atoms. The molecule has 0 aliphatic heterocycles. The number of rotatable bonds is 5. The number of fused-ring (bicyclic) bond motifs is 5. The first-order valence-corrected chi connectivity index (χ1v) is 18.3. The number of nitrogens with zero attached hydrogens (tertiary/aromatic N) is 2. The van der Waals surface area contributed by atoms with Crippen LogP contribution in [0.4, 0.5) is 0 Å². The predicted octanol–water partition coefficient (Wildman–Crippen LogP) is 13.4. The van der Waals surface area contributed by atoms with Crippen molar-refractivity contribution in [1.82, 2.24) is 9.97 Å². The number of hydrogen-bond acceptors (Lipinski definition) is 2. The molecule has 1 heterocycles. The maximum atomic E-state index is 5.28. The molecule has 10 rings (SSSR count). The largest absolute Gasteiger partial charge is 0.228 e. The first-order valence-electron chi connectivity index (χ1n) is 18.3. The van der Waals surface area contributed by atoms with Crippen molar-refractivity contribution in [2.24, 2.45) is 0 Å². The summed E-state index contributed by atoms with van der Waals surface area (Å²) in [5, 5.41) is 4.73. The van der Waals surface area contributed by atoms with Gasteiger partial charge in [-0.1, -0.05) is 172 Å². The van der Waals surface area contributed by atoms with Crippen molar-refractivity contribution in [1.29, 1.82) is 0 Å². The van der Waals surface area contributed by atoms with Gasteiger partial charge in [0.1, 0.15) is 0 Å². The van der Waals surface area contributed by atoms with Gasteiger partial charge < -0.3 is 0 Å². The van der Waals surface area contributed by atoms with Crippen LogP contribution in [0.3, 0.4) is 0 Å². The van der Waals surface area contributed by atoms with Crippen LogP contribution < -0.4 is 0 Å². The summed E-state index contributed by atoms with van der Waals surface area (Å²) >= 11 is 0. The third-order valence-corrected chi connectivity index (χ3v) is 11.1. The van der Waals surface area contributed by atoms with E-state index in [2.05, 4.69) is 178 Å². The Labute approximate surface area is 310 Å². The third-order valence-electron chi connectivity index (χ3n) is 11.1. The van der Waals surface area contributed by atoms with Gasteiger partial charge in [0.2, 0.25) is 0 Å². The summed E-state index contributed by atoms with van der Waals surface area (Å²) in [6.07, 6.45) is 0. The van der Waals surface area contributed by atoms with Crippen molar-refractivity contribution in [3.05, 3.63) is 193 Å². The summed E-state index contributed by atoms with van der Waals surface area (Å²) in [5.41, 5.74) is 15.2. The number of benzene rings is 8. The molecule has 0 saturated carbocycles. The standard InChI is InChI=1S/C51H36N2/c1-51(2)45-20-12-11-19-43(45)44-28-26-39(31-46(44)51)37-21-22-38-30-40(24-23-36(38)29-37)47-32-48(53-50(52-47)35-16-7-4-8-17-35)49-41-18-10-9-15-34(41)25-27-42(49)33-13-5-3-6-14-33/h3-32H,1-2H3. The lowest BCUT2D eigenvalue weighted by Crippen LogP contribution is -2.14. The number of hydrogen-bond donors (Lipinski definition) is 0.